The standard InChI is InChI=1S/C19H26N6O.2ClH/c20-18(21)22-7-6-16-3-1-2-15(12-16)4-5-17-13-23-19(24-14-17)25-8-10-26-11-9-25;;/h1-3,12-14H,4-11H2,(H4,20,21,22);2*1H. The highest BCUT2D eigenvalue weighted by molar-refractivity contribution is 5.85. The molecular formula is C19H28Cl2N6O. The Morgan fingerprint density at radius 2 is 1.57 bits per heavy atom. The zero-order valence-corrected chi connectivity index (χ0v) is 17.4. The Labute approximate surface area is 178 Å². The second kappa shape index (κ2) is 12.4. The average Bonchev–Trinajstić information content (AvgIpc) is 2.68. The molecule has 0 spiro atoms. The van der Waals surface area contributed by atoms with Crippen molar-refractivity contribution >= 4 is 36.7 Å². The summed E-state index contributed by atoms with van der Waals surface area (Å²) >= 11 is 0. The summed E-state index contributed by atoms with van der Waals surface area (Å²) < 4.78 is 5.36. The normalized spacial score (nSPS) is 13.2. The highest BCUT2D eigenvalue weighted by Gasteiger charge is 2.13. The van der Waals surface area contributed by atoms with Gasteiger partial charge in [-0.1, -0.05) is 24.3 Å². The Morgan fingerprint density at radius 1 is 0.964 bits per heavy atom. The third-order valence-corrected chi connectivity index (χ3v) is 4.37. The van der Waals surface area contributed by atoms with Gasteiger partial charge in [0.15, 0.2) is 5.96 Å². The number of aromatic nitrogens is 2. The topological polar surface area (TPSA) is 103 Å². The molecule has 0 saturated carbocycles. The largest absolute Gasteiger partial charge is 0.378 e. The quantitative estimate of drug-likeness (QED) is 0.516. The van der Waals surface area contributed by atoms with Crippen LogP contribution in [0.5, 0.6) is 0 Å². The van der Waals surface area contributed by atoms with Gasteiger partial charge < -0.3 is 21.1 Å². The first-order valence-electron chi connectivity index (χ1n) is 8.97. The number of hydrogen-bond acceptors (Lipinski definition) is 5. The molecule has 2 aromatic rings. The second-order valence-corrected chi connectivity index (χ2v) is 6.37. The van der Waals surface area contributed by atoms with Crippen LogP contribution in [0.15, 0.2) is 41.7 Å². The molecule has 0 amide bonds. The van der Waals surface area contributed by atoms with E-state index in [0.29, 0.717) is 6.54 Å². The van der Waals surface area contributed by atoms with Gasteiger partial charge in [0.25, 0.3) is 0 Å². The van der Waals surface area contributed by atoms with E-state index < -0.39 is 0 Å². The maximum absolute atomic E-state index is 5.36. The van der Waals surface area contributed by atoms with Crippen LogP contribution in [0.2, 0.25) is 0 Å². The van der Waals surface area contributed by atoms with Crippen molar-refractivity contribution in [2.24, 2.45) is 16.5 Å². The van der Waals surface area contributed by atoms with Crippen LogP contribution >= 0.6 is 24.8 Å². The van der Waals surface area contributed by atoms with Gasteiger partial charge >= 0.3 is 0 Å². The summed E-state index contributed by atoms with van der Waals surface area (Å²) in [5.41, 5.74) is 14.4. The van der Waals surface area contributed by atoms with Crippen molar-refractivity contribution in [2.45, 2.75) is 19.3 Å². The Bertz CT molecular complexity index is 731. The molecule has 1 aromatic heterocycles. The van der Waals surface area contributed by atoms with Gasteiger partial charge in [-0.2, -0.15) is 0 Å². The first-order chi connectivity index (χ1) is 12.7. The fourth-order valence-corrected chi connectivity index (χ4v) is 2.95. The van der Waals surface area contributed by atoms with E-state index in [0.717, 1.165) is 57.1 Å². The van der Waals surface area contributed by atoms with Crippen molar-refractivity contribution in [1.82, 2.24) is 9.97 Å². The summed E-state index contributed by atoms with van der Waals surface area (Å²) in [5.74, 6) is 0.931. The van der Waals surface area contributed by atoms with Crippen molar-refractivity contribution in [3.8, 4) is 0 Å². The zero-order valence-electron chi connectivity index (χ0n) is 15.8. The summed E-state index contributed by atoms with van der Waals surface area (Å²) in [4.78, 5) is 15.2. The third kappa shape index (κ3) is 7.50. The first-order valence-corrected chi connectivity index (χ1v) is 8.97. The van der Waals surface area contributed by atoms with Crippen molar-refractivity contribution in [1.29, 1.82) is 0 Å². The van der Waals surface area contributed by atoms with E-state index in [1.165, 1.54) is 11.1 Å². The number of aliphatic imine (C=N–C) groups is 1. The van der Waals surface area contributed by atoms with Crippen LogP contribution < -0.4 is 16.4 Å². The monoisotopic (exact) mass is 426 g/mol. The highest BCUT2D eigenvalue weighted by Crippen LogP contribution is 2.12. The number of aryl methyl sites for hydroxylation is 2. The van der Waals surface area contributed by atoms with Crippen molar-refractivity contribution in [3.63, 3.8) is 0 Å². The van der Waals surface area contributed by atoms with Crippen molar-refractivity contribution in [3.05, 3.63) is 53.3 Å². The van der Waals surface area contributed by atoms with E-state index in [9.17, 15) is 0 Å². The molecule has 0 atom stereocenters. The lowest BCUT2D eigenvalue weighted by molar-refractivity contribution is 0.122. The lowest BCUT2D eigenvalue weighted by atomic mass is 10.0. The van der Waals surface area contributed by atoms with Crippen LogP contribution in [0.3, 0.4) is 0 Å². The highest BCUT2D eigenvalue weighted by atomic mass is 35.5. The number of ether oxygens (including phenoxy) is 1. The second-order valence-electron chi connectivity index (χ2n) is 6.37. The van der Waals surface area contributed by atoms with Crippen molar-refractivity contribution < 1.29 is 4.74 Å². The van der Waals surface area contributed by atoms with E-state index in [1.54, 1.807) is 0 Å². The molecule has 154 valence electrons. The van der Waals surface area contributed by atoms with E-state index in [-0.39, 0.29) is 30.8 Å². The van der Waals surface area contributed by atoms with E-state index in [1.807, 2.05) is 12.4 Å². The van der Waals surface area contributed by atoms with E-state index >= 15 is 0 Å². The van der Waals surface area contributed by atoms with Gasteiger partial charge in [0.2, 0.25) is 5.95 Å². The molecule has 2 heterocycles. The number of rotatable bonds is 7. The number of hydrogen-bond donors (Lipinski definition) is 2. The summed E-state index contributed by atoms with van der Waals surface area (Å²) in [6.45, 7) is 3.80. The van der Waals surface area contributed by atoms with Crippen LogP contribution in [-0.2, 0) is 24.0 Å². The number of nitrogens with zero attached hydrogens (tertiary/aromatic N) is 4. The van der Waals surface area contributed by atoms with Gasteiger partial charge in [-0.05, 0) is 36.0 Å². The Balaban J connectivity index is 0.00000196. The number of anilines is 1. The Morgan fingerprint density at radius 3 is 2.21 bits per heavy atom. The van der Waals surface area contributed by atoms with E-state index in [4.69, 9.17) is 16.2 Å². The number of benzene rings is 1. The maximum Gasteiger partial charge on any atom is 0.225 e. The van der Waals surface area contributed by atoms with Gasteiger partial charge in [-0.3, -0.25) is 4.99 Å². The third-order valence-electron chi connectivity index (χ3n) is 4.37. The molecule has 3 rings (SSSR count). The van der Waals surface area contributed by atoms with Gasteiger partial charge in [0, 0.05) is 32.0 Å². The fourth-order valence-electron chi connectivity index (χ4n) is 2.95. The minimum atomic E-state index is 0. The summed E-state index contributed by atoms with van der Waals surface area (Å²) in [5, 5.41) is 0. The van der Waals surface area contributed by atoms with Gasteiger partial charge in [0.05, 0.1) is 13.2 Å². The first kappa shape index (κ1) is 23.9. The van der Waals surface area contributed by atoms with Crippen LogP contribution in [0.25, 0.3) is 0 Å². The van der Waals surface area contributed by atoms with Crippen LogP contribution in [0.4, 0.5) is 5.95 Å². The minimum Gasteiger partial charge on any atom is -0.378 e. The minimum absolute atomic E-state index is 0. The maximum atomic E-state index is 5.36. The summed E-state index contributed by atoms with van der Waals surface area (Å²) in [7, 11) is 0. The molecule has 1 aliphatic rings. The molecule has 0 radical (unpaired) electrons. The molecule has 1 fully saturated rings. The number of morpholine rings is 1. The van der Waals surface area contributed by atoms with Gasteiger partial charge in [-0.15, -0.1) is 24.8 Å². The van der Waals surface area contributed by atoms with Crippen LogP contribution in [0, 0.1) is 0 Å². The molecule has 0 bridgehead atoms. The van der Waals surface area contributed by atoms with Crippen LogP contribution in [-0.4, -0.2) is 48.8 Å². The van der Waals surface area contributed by atoms with Gasteiger partial charge in [-0.25, -0.2) is 9.97 Å². The predicted molar refractivity (Wildman–Crippen MR) is 118 cm³/mol. The summed E-state index contributed by atoms with van der Waals surface area (Å²) in [6.07, 6.45) is 6.57. The number of guanidine groups is 1. The van der Waals surface area contributed by atoms with E-state index in [2.05, 4.69) is 44.1 Å². The SMILES string of the molecule is Cl.Cl.NC(N)=NCCc1cccc(CCc2cnc(N3CCOCC3)nc2)c1. The predicted octanol–water partition coefficient (Wildman–Crippen LogP) is 1.76. The average molecular weight is 427 g/mol. The molecule has 0 unspecified atom stereocenters. The Hall–Kier alpha value is -2.09. The number of halogens is 2. The summed E-state index contributed by atoms with van der Waals surface area (Å²) in [6, 6.07) is 8.54. The van der Waals surface area contributed by atoms with Crippen LogP contribution in [0.1, 0.15) is 16.7 Å². The number of nitrogens with two attached hydrogens (primary N) is 2. The zero-order chi connectivity index (χ0) is 18.2. The molecule has 1 aromatic carbocycles. The molecule has 0 aliphatic carbocycles. The lowest BCUT2D eigenvalue weighted by Gasteiger charge is -2.26. The Kier molecular flexibility index (Phi) is 10.6. The molecule has 1 aliphatic heterocycles. The van der Waals surface area contributed by atoms with Gasteiger partial charge in [0.1, 0.15) is 0 Å². The smallest absolute Gasteiger partial charge is 0.225 e. The molecule has 1 saturated heterocycles. The molecule has 9 heteroatoms. The lowest BCUT2D eigenvalue weighted by Crippen LogP contribution is -2.37. The molecule has 7 nitrogen and oxygen atoms in total. The molecule has 28 heavy (non-hydrogen) atoms. The molecule has 4 N–H and O–H groups in total. The molecular weight excluding hydrogens is 399 g/mol. The van der Waals surface area contributed by atoms with Crippen molar-refractivity contribution in [2.75, 3.05) is 37.7 Å². The fraction of sp³-hybridized carbons (Fsp3) is 0.421.